The molecule has 1 aromatic carbocycles. The molecule has 1 aliphatic carbocycles. The number of fused-ring (bicyclic) bond motifs is 4. The molecule has 10 rings (SSSR count). The van der Waals surface area contributed by atoms with Crippen molar-refractivity contribution in [1.82, 2.24) is 43.7 Å². The van der Waals surface area contributed by atoms with E-state index in [-0.39, 0.29) is 53.6 Å². The molecule has 4 saturated heterocycles. The van der Waals surface area contributed by atoms with Gasteiger partial charge in [-0.15, -0.1) is 0 Å². The third kappa shape index (κ3) is 8.44. The summed E-state index contributed by atoms with van der Waals surface area (Å²) in [5.74, 6) is -0.0892. The second-order valence-electron chi connectivity index (χ2n) is 18.2. The van der Waals surface area contributed by atoms with E-state index in [0.29, 0.717) is 30.1 Å². The number of likely N-dealkylation sites (tertiary alicyclic amines) is 1. The van der Waals surface area contributed by atoms with Crippen molar-refractivity contribution < 1.29 is 32.6 Å². The summed E-state index contributed by atoms with van der Waals surface area (Å²) in [6.45, 7) is 4.97. The van der Waals surface area contributed by atoms with Gasteiger partial charge < -0.3 is 24.6 Å². The fourth-order valence-corrected chi connectivity index (χ4v) is 10.7. The molecule has 2 N–H and O–H groups in total. The Hall–Kier alpha value is -5.53. The van der Waals surface area contributed by atoms with Crippen molar-refractivity contribution in [2.24, 2.45) is 13.0 Å². The molecule has 3 amide bonds. The first-order valence-corrected chi connectivity index (χ1v) is 22.9. The lowest BCUT2D eigenvalue weighted by Crippen LogP contribution is -2.44. The van der Waals surface area contributed by atoms with E-state index < -0.39 is 30.0 Å². The number of imide groups is 1. The zero-order valence-electron chi connectivity index (χ0n) is 36.0. The van der Waals surface area contributed by atoms with E-state index in [4.69, 9.17) is 14.5 Å². The van der Waals surface area contributed by atoms with Gasteiger partial charge in [0.05, 0.1) is 47.3 Å². The summed E-state index contributed by atoms with van der Waals surface area (Å²) in [5.41, 5.74) is 2.36. The van der Waals surface area contributed by atoms with Crippen LogP contribution >= 0.6 is 0 Å². The summed E-state index contributed by atoms with van der Waals surface area (Å²) in [6.07, 6.45) is 11.9. The molecule has 64 heavy (non-hydrogen) atoms. The highest BCUT2D eigenvalue weighted by molar-refractivity contribution is 6.08. The van der Waals surface area contributed by atoms with E-state index >= 15 is 0 Å². The molecule has 2 bridgehead atoms. The number of alkyl halides is 2. The van der Waals surface area contributed by atoms with E-state index in [9.17, 15) is 28.0 Å². The van der Waals surface area contributed by atoms with Gasteiger partial charge in [0.1, 0.15) is 17.4 Å². The molecule has 5 fully saturated rings. The fourth-order valence-electron chi connectivity index (χ4n) is 10.7. The van der Waals surface area contributed by atoms with Gasteiger partial charge in [0, 0.05) is 65.2 Å². The molecule has 8 heterocycles. The first-order valence-electron chi connectivity index (χ1n) is 22.9. The van der Waals surface area contributed by atoms with E-state index in [1.54, 1.807) is 28.7 Å². The lowest BCUT2D eigenvalue weighted by Gasteiger charge is -2.36. The number of aromatic nitrogens is 7. The average molecular weight is 884 g/mol. The highest BCUT2D eigenvalue weighted by atomic mass is 19.3. The van der Waals surface area contributed by atoms with Crippen molar-refractivity contribution in [3.05, 3.63) is 70.2 Å². The van der Waals surface area contributed by atoms with E-state index in [2.05, 4.69) is 30.6 Å². The zero-order chi connectivity index (χ0) is 44.1. The quantitative estimate of drug-likeness (QED) is 0.121. The number of imidazole rings is 1. The smallest absolute Gasteiger partial charge is 0.329 e. The number of para-hydroxylation sites is 1. The molecule has 4 aromatic heterocycles. The number of aryl methyl sites for hydroxylation is 2. The summed E-state index contributed by atoms with van der Waals surface area (Å²) in [5, 5.41) is 13.7. The molecular formula is C45H55F2N11O6. The number of hydrogen-bond acceptors (Lipinski definition) is 11. The number of piperidine rings is 2. The predicted molar refractivity (Wildman–Crippen MR) is 232 cm³/mol. The van der Waals surface area contributed by atoms with Crippen LogP contribution in [0.25, 0.3) is 16.7 Å². The number of carbonyl (C=O) groups is 3. The van der Waals surface area contributed by atoms with Gasteiger partial charge in [-0.1, -0.05) is 12.1 Å². The second-order valence-corrected chi connectivity index (χ2v) is 18.2. The Bertz CT molecular complexity index is 2590. The maximum Gasteiger partial charge on any atom is 0.329 e. The third-order valence-electron chi connectivity index (χ3n) is 14.1. The number of benzene rings is 1. The Balaban J connectivity index is 0.682. The van der Waals surface area contributed by atoms with Crippen molar-refractivity contribution >= 4 is 45.9 Å². The molecule has 1 unspecified atom stereocenters. The highest BCUT2D eigenvalue weighted by Gasteiger charge is 2.36. The molecule has 19 heteroatoms. The maximum absolute atomic E-state index is 14.3. The minimum absolute atomic E-state index is 0.00138. The SMILES string of the molecule is Cn1c(=O)n(C2CCC(=O)NC2=O)c2cccc(CCCOC3CCN(C[C@H]4CC[C@H](n5cc(NC(=O)c6cnn7ccc(N8C[C@H]9CC[C@@H](C8)O9)nc67)c(C(F)F)n5)CC4)CC3)c21. The van der Waals surface area contributed by atoms with E-state index in [0.717, 1.165) is 114 Å². The normalized spacial score (nSPS) is 24.6. The Labute approximate surface area is 368 Å². The summed E-state index contributed by atoms with van der Waals surface area (Å²) >= 11 is 0. The molecular weight excluding hydrogens is 829 g/mol. The molecule has 0 spiro atoms. The molecule has 5 aliphatic rings. The molecule has 4 aliphatic heterocycles. The van der Waals surface area contributed by atoms with Crippen LogP contribution in [0.1, 0.15) is 111 Å². The van der Waals surface area contributed by atoms with Crippen LogP contribution in [-0.4, -0.2) is 114 Å². The first-order chi connectivity index (χ1) is 31.1. The topological polar surface area (TPSA) is 175 Å². The summed E-state index contributed by atoms with van der Waals surface area (Å²) in [4.78, 5) is 60.7. The van der Waals surface area contributed by atoms with Gasteiger partial charge in [0.15, 0.2) is 11.3 Å². The Kier molecular flexibility index (Phi) is 11.8. The van der Waals surface area contributed by atoms with Crippen molar-refractivity contribution in [1.29, 1.82) is 0 Å². The van der Waals surface area contributed by atoms with Crippen LogP contribution in [0.15, 0.2) is 47.7 Å². The highest BCUT2D eigenvalue weighted by Crippen LogP contribution is 2.36. The zero-order valence-corrected chi connectivity index (χ0v) is 36.0. The molecule has 340 valence electrons. The van der Waals surface area contributed by atoms with Gasteiger partial charge in [-0.25, -0.2) is 23.1 Å². The van der Waals surface area contributed by atoms with E-state index in [1.165, 1.54) is 15.3 Å². The summed E-state index contributed by atoms with van der Waals surface area (Å²) in [6, 6.07) is 6.90. The predicted octanol–water partition coefficient (Wildman–Crippen LogP) is 4.96. The largest absolute Gasteiger partial charge is 0.378 e. The van der Waals surface area contributed by atoms with Crippen LogP contribution in [0.4, 0.5) is 20.3 Å². The monoisotopic (exact) mass is 883 g/mol. The number of rotatable bonds is 13. The molecule has 3 atom stereocenters. The van der Waals surface area contributed by atoms with Gasteiger partial charge >= 0.3 is 5.69 Å². The molecule has 1 saturated carbocycles. The Morgan fingerprint density at radius 2 is 1.78 bits per heavy atom. The number of amides is 3. The lowest BCUT2D eigenvalue weighted by atomic mass is 9.85. The van der Waals surface area contributed by atoms with Gasteiger partial charge in [-0.05, 0) is 94.2 Å². The molecule has 5 aromatic rings. The minimum atomic E-state index is -2.86. The van der Waals surface area contributed by atoms with Crippen LogP contribution in [0.5, 0.6) is 0 Å². The van der Waals surface area contributed by atoms with Crippen molar-refractivity contribution in [3.63, 3.8) is 0 Å². The van der Waals surface area contributed by atoms with Gasteiger partial charge in [-0.2, -0.15) is 10.2 Å². The summed E-state index contributed by atoms with van der Waals surface area (Å²) in [7, 11) is 1.73. The van der Waals surface area contributed by atoms with E-state index in [1.807, 2.05) is 24.3 Å². The number of halogens is 2. The number of hydrogen-bond donors (Lipinski definition) is 2. The number of nitrogens with zero attached hydrogens (tertiary/aromatic N) is 9. The van der Waals surface area contributed by atoms with Gasteiger partial charge in [-0.3, -0.25) is 33.5 Å². The van der Waals surface area contributed by atoms with Crippen LogP contribution < -0.4 is 21.2 Å². The van der Waals surface area contributed by atoms with Gasteiger partial charge in [0.25, 0.3) is 12.3 Å². The molecule has 0 radical (unpaired) electrons. The number of ether oxygens (including phenoxy) is 2. The Morgan fingerprint density at radius 3 is 2.53 bits per heavy atom. The van der Waals surface area contributed by atoms with Crippen LogP contribution in [0, 0.1) is 5.92 Å². The minimum Gasteiger partial charge on any atom is -0.378 e. The van der Waals surface area contributed by atoms with Crippen molar-refractivity contribution in [2.45, 2.75) is 114 Å². The van der Waals surface area contributed by atoms with Crippen LogP contribution in [0.2, 0.25) is 0 Å². The lowest BCUT2D eigenvalue weighted by molar-refractivity contribution is -0.135. The van der Waals surface area contributed by atoms with Crippen LogP contribution in [0.3, 0.4) is 0 Å². The molecule has 17 nitrogen and oxygen atoms in total. The summed E-state index contributed by atoms with van der Waals surface area (Å²) < 4.78 is 47.2. The fraction of sp³-hybridized carbons (Fsp3) is 0.578. The van der Waals surface area contributed by atoms with Crippen molar-refractivity contribution in [3.8, 4) is 0 Å². The number of anilines is 2. The third-order valence-corrected chi connectivity index (χ3v) is 14.1. The van der Waals surface area contributed by atoms with Gasteiger partial charge in [0.2, 0.25) is 11.8 Å². The second kappa shape index (κ2) is 17.8. The number of carbonyl (C=O) groups excluding carboxylic acids is 3. The first kappa shape index (κ1) is 42.4. The Morgan fingerprint density at radius 1 is 1.00 bits per heavy atom. The van der Waals surface area contributed by atoms with Crippen LogP contribution in [-0.2, 0) is 32.5 Å². The standard InChI is InChI=1S/C45H55F2N11O6/c1-53-40-28(4-2-6-35(40)58(45(53)62)36-13-14-38(59)51-44(36)61)5-3-21-63-30-15-18-54(19-16-30)23-27-7-9-29(10-8-27)57-26-34(39(52-57)41(46)47)49-43(60)33-22-48-56-20-17-37(50-42(33)56)55-24-31-11-12-32(25-55)64-31/h2,4,6,17,20,22,26-27,29-32,36,41H,3,5,7-16,18-19,21,23-25H2,1H3,(H,49,60)(H,51,59,61)/t27-,29-,31-,32+,36?. The number of morpholine rings is 1. The average Bonchev–Trinajstić information content (AvgIpc) is 4.07. The van der Waals surface area contributed by atoms with Crippen molar-refractivity contribution in [2.75, 3.05) is 49.5 Å². The maximum atomic E-state index is 14.3. The number of nitrogens with one attached hydrogen (secondary N) is 2.